The first kappa shape index (κ1) is 13.9. The molecule has 3 rings (SSSR count). The molecule has 1 aromatic carbocycles. The summed E-state index contributed by atoms with van der Waals surface area (Å²) in [6.07, 6.45) is 3.29. The number of hydrogen-bond acceptors (Lipinski definition) is 3. The molecule has 0 spiro atoms. The van der Waals surface area contributed by atoms with Crippen molar-refractivity contribution in [2.24, 2.45) is 5.92 Å². The molecule has 0 aliphatic carbocycles. The van der Waals surface area contributed by atoms with E-state index in [1.807, 2.05) is 24.3 Å². The number of piperidine rings is 1. The number of rotatable bonds is 2. The van der Waals surface area contributed by atoms with Gasteiger partial charge >= 0.3 is 5.97 Å². The highest BCUT2D eigenvalue weighted by molar-refractivity contribution is 6.30. The molecule has 2 aliphatic rings. The first-order valence-corrected chi connectivity index (χ1v) is 7.55. The first-order valence-electron chi connectivity index (χ1n) is 7.17. The highest BCUT2D eigenvalue weighted by atomic mass is 35.5. The van der Waals surface area contributed by atoms with Crippen molar-refractivity contribution in [3.63, 3.8) is 0 Å². The van der Waals surface area contributed by atoms with Crippen LogP contribution in [0.3, 0.4) is 0 Å². The van der Waals surface area contributed by atoms with Gasteiger partial charge in [0.05, 0.1) is 13.0 Å². The number of esters is 1. The van der Waals surface area contributed by atoms with E-state index in [1.165, 1.54) is 19.1 Å². The van der Waals surface area contributed by atoms with Gasteiger partial charge in [-0.2, -0.15) is 0 Å². The topological polar surface area (TPSA) is 29.5 Å². The molecule has 0 aromatic heterocycles. The first-order chi connectivity index (χ1) is 9.61. The van der Waals surface area contributed by atoms with Gasteiger partial charge < -0.3 is 4.74 Å². The van der Waals surface area contributed by atoms with Gasteiger partial charge in [0.25, 0.3) is 0 Å². The molecule has 0 N–H and O–H groups in total. The van der Waals surface area contributed by atoms with Crippen LogP contribution in [0.1, 0.15) is 30.7 Å². The number of benzene rings is 1. The van der Waals surface area contributed by atoms with Crippen molar-refractivity contribution in [1.29, 1.82) is 0 Å². The Kier molecular flexibility index (Phi) is 3.74. The summed E-state index contributed by atoms with van der Waals surface area (Å²) in [4.78, 5) is 14.6. The van der Waals surface area contributed by atoms with Crippen LogP contribution in [0, 0.1) is 5.92 Å². The number of carbonyl (C=O) groups excluding carboxylic acids is 1. The van der Waals surface area contributed by atoms with E-state index in [0.717, 1.165) is 17.9 Å². The molecule has 2 fully saturated rings. The third kappa shape index (κ3) is 2.23. The lowest BCUT2D eigenvalue weighted by Gasteiger charge is -2.41. The third-order valence-corrected chi connectivity index (χ3v) is 5.29. The number of nitrogens with zero attached hydrogens (tertiary/aromatic N) is 1. The van der Waals surface area contributed by atoms with Gasteiger partial charge in [0.1, 0.15) is 0 Å². The molecule has 1 aromatic rings. The zero-order valence-electron chi connectivity index (χ0n) is 11.9. The van der Waals surface area contributed by atoms with Gasteiger partial charge in [0, 0.05) is 23.0 Å². The summed E-state index contributed by atoms with van der Waals surface area (Å²) in [7, 11) is 3.62. The summed E-state index contributed by atoms with van der Waals surface area (Å²) in [5.74, 6) is 0.0977. The van der Waals surface area contributed by atoms with E-state index in [0.29, 0.717) is 12.1 Å². The summed E-state index contributed by atoms with van der Waals surface area (Å²) < 4.78 is 5.07. The summed E-state index contributed by atoms with van der Waals surface area (Å²) in [6.45, 7) is 0. The van der Waals surface area contributed by atoms with Crippen LogP contribution in [0.4, 0.5) is 0 Å². The van der Waals surface area contributed by atoms with Gasteiger partial charge in [0.15, 0.2) is 0 Å². The second-order valence-electron chi connectivity index (χ2n) is 5.91. The smallest absolute Gasteiger partial charge is 0.310 e. The number of hydrogen-bond donors (Lipinski definition) is 0. The molecule has 0 unspecified atom stereocenters. The maximum atomic E-state index is 12.3. The van der Waals surface area contributed by atoms with Gasteiger partial charge in [-0.1, -0.05) is 23.7 Å². The van der Waals surface area contributed by atoms with Crippen LogP contribution in [0.25, 0.3) is 0 Å². The number of methoxy groups -OCH3 is 1. The fourth-order valence-electron chi connectivity index (χ4n) is 3.98. The maximum Gasteiger partial charge on any atom is 0.310 e. The number of fused-ring (bicyclic) bond motifs is 2. The fourth-order valence-corrected chi connectivity index (χ4v) is 4.10. The lowest BCUT2D eigenvalue weighted by atomic mass is 9.76. The molecule has 2 bridgehead atoms. The van der Waals surface area contributed by atoms with Crippen molar-refractivity contribution in [2.45, 2.75) is 37.3 Å². The van der Waals surface area contributed by atoms with Crippen molar-refractivity contribution in [1.82, 2.24) is 4.90 Å². The van der Waals surface area contributed by atoms with E-state index in [4.69, 9.17) is 16.3 Å². The minimum absolute atomic E-state index is 0.0649. The molecule has 2 saturated heterocycles. The molecular formula is C16H20ClNO2. The molecular weight excluding hydrogens is 274 g/mol. The average molecular weight is 294 g/mol. The Bertz CT molecular complexity index is 502. The lowest BCUT2D eigenvalue weighted by molar-refractivity contribution is -0.150. The molecule has 0 saturated carbocycles. The summed E-state index contributed by atoms with van der Waals surface area (Å²) in [5, 5.41) is 0.735. The molecule has 0 radical (unpaired) electrons. The van der Waals surface area contributed by atoms with E-state index in [1.54, 1.807) is 0 Å². The zero-order chi connectivity index (χ0) is 14.3. The standard InChI is InChI=1S/C16H20ClNO2/c1-18-12-7-8-14(18)15(16(19)20-2)13(9-12)10-3-5-11(17)6-4-10/h3-6,12-15H,7-9H2,1-2H3/t12-,13-,14+,15-/m0/s1. The van der Waals surface area contributed by atoms with E-state index < -0.39 is 0 Å². The van der Waals surface area contributed by atoms with E-state index in [9.17, 15) is 4.79 Å². The summed E-state index contributed by atoms with van der Waals surface area (Å²) >= 11 is 5.97. The second-order valence-corrected chi connectivity index (χ2v) is 6.34. The van der Waals surface area contributed by atoms with Crippen LogP contribution in [0.5, 0.6) is 0 Å². The Morgan fingerprint density at radius 3 is 2.65 bits per heavy atom. The monoisotopic (exact) mass is 293 g/mol. The Morgan fingerprint density at radius 1 is 1.30 bits per heavy atom. The van der Waals surface area contributed by atoms with Crippen LogP contribution in [-0.2, 0) is 9.53 Å². The Hall–Kier alpha value is -1.06. The predicted molar refractivity (Wildman–Crippen MR) is 78.9 cm³/mol. The number of ether oxygens (including phenoxy) is 1. The van der Waals surface area contributed by atoms with E-state index in [-0.39, 0.29) is 17.8 Å². The molecule has 0 amide bonds. The quantitative estimate of drug-likeness (QED) is 0.785. The molecule has 3 nitrogen and oxygen atoms in total. The Labute approximate surface area is 124 Å². The van der Waals surface area contributed by atoms with Gasteiger partial charge in [0.2, 0.25) is 0 Å². The third-order valence-electron chi connectivity index (χ3n) is 5.04. The van der Waals surface area contributed by atoms with Crippen molar-refractivity contribution >= 4 is 17.6 Å². The minimum atomic E-state index is -0.0813. The normalized spacial score (nSPS) is 33.1. The average Bonchev–Trinajstić information content (AvgIpc) is 2.70. The summed E-state index contributed by atoms with van der Waals surface area (Å²) in [6, 6.07) is 8.81. The molecule has 4 heteroatoms. The van der Waals surface area contributed by atoms with Crippen molar-refractivity contribution in [3.05, 3.63) is 34.9 Å². The van der Waals surface area contributed by atoms with Crippen LogP contribution in [0.15, 0.2) is 24.3 Å². The second kappa shape index (κ2) is 5.38. The molecule has 20 heavy (non-hydrogen) atoms. The molecule has 2 heterocycles. The predicted octanol–water partition coefficient (Wildman–Crippen LogP) is 3.08. The largest absolute Gasteiger partial charge is 0.469 e. The summed E-state index contributed by atoms with van der Waals surface area (Å²) in [5.41, 5.74) is 1.20. The lowest BCUT2D eigenvalue weighted by Crippen LogP contribution is -2.49. The van der Waals surface area contributed by atoms with Gasteiger partial charge in [-0.15, -0.1) is 0 Å². The zero-order valence-corrected chi connectivity index (χ0v) is 12.6. The van der Waals surface area contributed by atoms with Crippen LogP contribution in [-0.4, -0.2) is 37.1 Å². The number of carbonyl (C=O) groups is 1. The highest BCUT2D eigenvalue weighted by Gasteiger charge is 2.49. The molecule has 108 valence electrons. The van der Waals surface area contributed by atoms with Crippen molar-refractivity contribution < 1.29 is 9.53 Å². The van der Waals surface area contributed by atoms with Gasteiger partial charge in [-0.3, -0.25) is 9.69 Å². The van der Waals surface area contributed by atoms with Crippen LogP contribution < -0.4 is 0 Å². The van der Waals surface area contributed by atoms with E-state index in [2.05, 4.69) is 11.9 Å². The molecule has 4 atom stereocenters. The fraction of sp³-hybridized carbons (Fsp3) is 0.562. The molecule has 2 aliphatic heterocycles. The SMILES string of the molecule is COC(=O)[C@@H]1[C@H]2CC[C@@H](C[C@H]1c1ccc(Cl)cc1)N2C. The van der Waals surface area contributed by atoms with E-state index >= 15 is 0 Å². The van der Waals surface area contributed by atoms with Crippen LogP contribution in [0.2, 0.25) is 5.02 Å². The van der Waals surface area contributed by atoms with Crippen molar-refractivity contribution in [2.75, 3.05) is 14.2 Å². The van der Waals surface area contributed by atoms with Gasteiger partial charge in [-0.25, -0.2) is 0 Å². The van der Waals surface area contributed by atoms with Gasteiger partial charge in [-0.05, 0) is 44.0 Å². The Morgan fingerprint density at radius 2 is 2.00 bits per heavy atom. The van der Waals surface area contributed by atoms with Crippen LogP contribution >= 0.6 is 11.6 Å². The van der Waals surface area contributed by atoms with Crippen molar-refractivity contribution in [3.8, 4) is 0 Å². The Balaban J connectivity index is 1.95. The maximum absolute atomic E-state index is 12.3. The highest BCUT2D eigenvalue weighted by Crippen LogP contribution is 2.46. The minimum Gasteiger partial charge on any atom is -0.469 e. The number of halogens is 1.